The molecule has 0 heterocycles. The summed E-state index contributed by atoms with van der Waals surface area (Å²) in [5.74, 6) is -1.06. The summed E-state index contributed by atoms with van der Waals surface area (Å²) in [7, 11) is 0. The molecule has 0 aromatic heterocycles. The molecule has 0 bridgehead atoms. The van der Waals surface area contributed by atoms with Crippen LogP contribution in [0.3, 0.4) is 0 Å². The van der Waals surface area contributed by atoms with E-state index >= 15 is 0 Å². The summed E-state index contributed by atoms with van der Waals surface area (Å²) < 4.78 is 39.2. The van der Waals surface area contributed by atoms with Crippen molar-refractivity contribution in [1.29, 1.82) is 0 Å². The normalized spacial score (nSPS) is 13.1. The van der Waals surface area contributed by atoms with Crippen molar-refractivity contribution >= 4 is 52.1 Å². The first-order valence-electron chi connectivity index (χ1n) is 8.14. The van der Waals surface area contributed by atoms with Crippen molar-refractivity contribution in [3.63, 3.8) is 0 Å². The minimum atomic E-state index is -4.99. The average Bonchev–Trinajstić information content (AvgIpc) is 2.67. The fourth-order valence-electron chi connectivity index (χ4n) is 2.22. The van der Waals surface area contributed by atoms with Crippen molar-refractivity contribution in [2.45, 2.75) is 23.6 Å². The molecular weight excluding hydrogens is 443 g/mol. The van der Waals surface area contributed by atoms with Gasteiger partial charge in [0.25, 0.3) is 11.6 Å². The summed E-state index contributed by atoms with van der Waals surface area (Å²) in [6, 6.07) is 8.76. The molecule has 12 heteroatoms. The first kappa shape index (κ1) is 23.5. The van der Waals surface area contributed by atoms with E-state index in [4.69, 9.17) is 0 Å². The van der Waals surface area contributed by atoms with Crippen LogP contribution in [0.5, 0.6) is 0 Å². The second kappa shape index (κ2) is 9.35. The van der Waals surface area contributed by atoms with Crippen LogP contribution in [0.25, 0.3) is 0 Å². The van der Waals surface area contributed by atoms with Crippen molar-refractivity contribution in [1.82, 2.24) is 0 Å². The van der Waals surface area contributed by atoms with Crippen molar-refractivity contribution in [2.75, 3.05) is 11.1 Å². The van der Waals surface area contributed by atoms with Gasteiger partial charge in [-0.15, -0.1) is 11.8 Å². The molecule has 0 aliphatic rings. The molecule has 7 nitrogen and oxygen atoms in total. The molecule has 1 atom stereocenters. The Balaban J connectivity index is 2.11. The molecular formula is C18H14F3N3O4S2. The molecule has 0 unspecified atom stereocenters. The summed E-state index contributed by atoms with van der Waals surface area (Å²) in [4.78, 5) is 26.5. The molecule has 0 saturated carbocycles. The number of benzene rings is 2. The Kier molecular flexibility index (Phi) is 7.32. The number of thiocarbonyl (C=S) groups is 1. The monoisotopic (exact) mass is 457 g/mol. The third-order valence-corrected chi connectivity index (χ3v) is 5.18. The number of halogens is 3. The summed E-state index contributed by atoms with van der Waals surface area (Å²) in [5.41, 5.74) is -4.32. The van der Waals surface area contributed by atoms with Gasteiger partial charge in [-0.05, 0) is 55.5 Å². The molecule has 0 aliphatic heterocycles. The van der Waals surface area contributed by atoms with E-state index in [1.54, 1.807) is 24.3 Å². The number of nitro groups is 1. The minimum Gasteiger partial charge on any atom is -0.379 e. The highest BCUT2D eigenvalue weighted by atomic mass is 32.2. The Morgan fingerprint density at radius 1 is 1.30 bits per heavy atom. The standard InChI is InChI=1S/C18H14F3N3O4S2/c1-17(26,9-30-13-5-2-11(3-6-13)22-10-29)16(25)23-12-4-7-15(24(27)28)14(8-12)18(19,20)21/h2-8,26H,9H2,1H3,(H,23,25)/t17-/m0/s1. The van der Waals surface area contributed by atoms with Crippen molar-refractivity contribution in [3.8, 4) is 0 Å². The lowest BCUT2D eigenvalue weighted by Crippen LogP contribution is -2.42. The number of thioether (sulfide) groups is 1. The fraction of sp³-hybridized carbons (Fsp3) is 0.222. The topological polar surface area (TPSA) is 105 Å². The molecule has 158 valence electrons. The van der Waals surface area contributed by atoms with E-state index in [1.165, 1.54) is 6.92 Å². The van der Waals surface area contributed by atoms with Gasteiger partial charge in [-0.25, -0.2) is 0 Å². The van der Waals surface area contributed by atoms with E-state index in [0.29, 0.717) is 22.7 Å². The number of nitrogens with one attached hydrogen (secondary N) is 1. The van der Waals surface area contributed by atoms with E-state index in [2.05, 4.69) is 27.7 Å². The van der Waals surface area contributed by atoms with Crippen molar-refractivity contribution in [3.05, 3.63) is 58.1 Å². The van der Waals surface area contributed by atoms with Crippen LogP contribution in [0.15, 0.2) is 52.4 Å². The number of alkyl halides is 3. The Bertz CT molecular complexity index is 1000. The van der Waals surface area contributed by atoms with Gasteiger partial charge in [0.05, 0.1) is 15.8 Å². The van der Waals surface area contributed by atoms with Crippen LogP contribution in [0, 0.1) is 10.1 Å². The number of carbonyl (C=O) groups excluding carboxylic acids is 1. The predicted molar refractivity (Wildman–Crippen MR) is 109 cm³/mol. The van der Waals surface area contributed by atoms with E-state index in [1.807, 2.05) is 0 Å². The third kappa shape index (κ3) is 6.10. The second-order valence-corrected chi connectivity index (χ2v) is 7.43. The SMILES string of the molecule is C[C@](O)(CSc1ccc(N=C=S)cc1)C(=O)Nc1ccc([N+](=O)[O-])c(C(F)(F)F)c1. The second-order valence-electron chi connectivity index (χ2n) is 6.20. The maximum Gasteiger partial charge on any atom is 0.423 e. The number of amides is 1. The maximum atomic E-state index is 13.1. The van der Waals surface area contributed by atoms with E-state index in [9.17, 15) is 33.2 Å². The van der Waals surface area contributed by atoms with Gasteiger partial charge in [0.15, 0.2) is 0 Å². The highest BCUT2D eigenvalue weighted by molar-refractivity contribution is 7.99. The number of aliphatic hydroxyl groups is 1. The smallest absolute Gasteiger partial charge is 0.379 e. The summed E-state index contributed by atoms with van der Waals surface area (Å²) in [5, 5.41) is 25.6. The summed E-state index contributed by atoms with van der Waals surface area (Å²) in [6.07, 6.45) is -4.99. The Morgan fingerprint density at radius 3 is 2.47 bits per heavy atom. The van der Waals surface area contributed by atoms with Crippen LogP contribution in [0.4, 0.5) is 30.2 Å². The van der Waals surface area contributed by atoms with E-state index < -0.39 is 33.9 Å². The number of hydrogen-bond acceptors (Lipinski definition) is 7. The molecule has 0 saturated heterocycles. The predicted octanol–water partition coefficient (Wildman–Crippen LogP) is 4.83. The average molecular weight is 457 g/mol. The zero-order valence-electron chi connectivity index (χ0n) is 15.3. The van der Waals surface area contributed by atoms with Crippen LogP contribution in [0.1, 0.15) is 12.5 Å². The van der Waals surface area contributed by atoms with Crippen molar-refractivity contribution < 1.29 is 28.0 Å². The Morgan fingerprint density at radius 2 is 1.93 bits per heavy atom. The number of aliphatic imine (C=N–C) groups is 1. The molecule has 0 radical (unpaired) electrons. The van der Waals surface area contributed by atoms with Crippen molar-refractivity contribution in [2.24, 2.45) is 4.99 Å². The third-order valence-electron chi connectivity index (χ3n) is 3.78. The molecule has 0 aliphatic carbocycles. The molecule has 2 aromatic carbocycles. The molecule has 0 fully saturated rings. The van der Waals surface area contributed by atoms with Crippen LogP contribution >= 0.6 is 24.0 Å². The summed E-state index contributed by atoms with van der Waals surface area (Å²) in [6.45, 7) is 1.20. The van der Waals surface area contributed by atoms with Crippen LogP contribution < -0.4 is 5.32 Å². The van der Waals surface area contributed by atoms with E-state index in [-0.39, 0.29) is 11.4 Å². The van der Waals surface area contributed by atoms with Gasteiger partial charge in [0, 0.05) is 22.4 Å². The van der Waals surface area contributed by atoms with Gasteiger partial charge in [-0.2, -0.15) is 18.2 Å². The zero-order chi connectivity index (χ0) is 22.5. The molecule has 30 heavy (non-hydrogen) atoms. The van der Waals surface area contributed by atoms with Crippen LogP contribution in [-0.2, 0) is 11.0 Å². The minimum absolute atomic E-state index is 0.103. The first-order chi connectivity index (χ1) is 13.9. The lowest BCUT2D eigenvalue weighted by molar-refractivity contribution is -0.388. The molecule has 1 amide bonds. The molecule has 2 aromatic rings. The number of hydrogen-bond donors (Lipinski definition) is 2. The van der Waals surface area contributed by atoms with Gasteiger partial charge >= 0.3 is 6.18 Å². The number of isothiocyanates is 1. The van der Waals surface area contributed by atoms with Crippen LogP contribution in [-0.4, -0.2) is 32.5 Å². The number of carbonyl (C=O) groups is 1. The van der Waals surface area contributed by atoms with Gasteiger partial charge in [-0.3, -0.25) is 14.9 Å². The quantitative estimate of drug-likeness (QED) is 0.203. The van der Waals surface area contributed by atoms with Gasteiger partial charge < -0.3 is 10.4 Å². The lowest BCUT2D eigenvalue weighted by Gasteiger charge is -2.22. The molecule has 0 spiro atoms. The largest absolute Gasteiger partial charge is 0.423 e. The molecule has 2 rings (SSSR count). The van der Waals surface area contributed by atoms with Gasteiger partial charge in [0.2, 0.25) is 0 Å². The highest BCUT2D eigenvalue weighted by Crippen LogP contribution is 2.37. The Labute approximate surface area is 178 Å². The van der Waals surface area contributed by atoms with Gasteiger partial charge in [0.1, 0.15) is 11.2 Å². The number of nitro benzene ring substituents is 1. The Hall–Kier alpha value is -2.79. The van der Waals surface area contributed by atoms with Crippen LogP contribution in [0.2, 0.25) is 0 Å². The van der Waals surface area contributed by atoms with Gasteiger partial charge in [-0.1, -0.05) is 0 Å². The summed E-state index contributed by atoms with van der Waals surface area (Å²) >= 11 is 5.64. The number of rotatable bonds is 7. The number of anilines is 1. The highest BCUT2D eigenvalue weighted by Gasteiger charge is 2.39. The van der Waals surface area contributed by atoms with E-state index in [0.717, 1.165) is 17.8 Å². The zero-order valence-corrected chi connectivity index (χ0v) is 16.9. The first-order valence-corrected chi connectivity index (χ1v) is 9.53. The maximum absolute atomic E-state index is 13.1. The lowest BCUT2D eigenvalue weighted by atomic mass is 10.1. The fourth-order valence-corrected chi connectivity index (χ4v) is 3.24. The molecule has 2 N–H and O–H groups in total. The number of nitrogens with zero attached hydrogens (tertiary/aromatic N) is 2.